The molecule has 0 atom stereocenters. The molecular formula is C23H23ClN2O4S. The maximum atomic E-state index is 12.3. The van der Waals surface area contributed by atoms with Gasteiger partial charge in [0.1, 0.15) is 11.4 Å². The number of rotatable bonds is 6. The SMILES string of the molecule is CC(C)(C)c1ccc(NC(=O)COC(=O)CNC(=O)c2sc3ccccc3c2Cl)cc1. The van der Waals surface area contributed by atoms with Crippen LogP contribution in [0.3, 0.4) is 0 Å². The van der Waals surface area contributed by atoms with Crippen molar-refractivity contribution >= 4 is 56.5 Å². The molecular weight excluding hydrogens is 436 g/mol. The molecule has 0 saturated carbocycles. The highest BCUT2D eigenvalue weighted by Gasteiger charge is 2.18. The Morgan fingerprint density at radius 2 is 1.71 bits per heavy atom. The predicted molar refractivity (Wildman–Crippen MR) is 124 cm³/mol. The van der Waals surface area contributed by atoms with E-state index in [0.29, 0.717) is 15.6 Å². The molecule has 2 N–H and O–H groups in total. The van der Waals surface area contributed by atoms with Crippen LogP contribution in [-0.2, 0) is 19.7 Å². The normalized spacial score (nSPS) is 11.2. The first kappa shape index (κ1) is 22.8. The quantitative estimate of drug-likeness (QED) is 0.521. The second-order valence-electron chi connectivity index (χ2n) is 7.96. The molecule has 3 aromatic rings. The van der Waals surface area contributed by atoms with Gasteiger partial charge in [0.15, 0.2) is 6.61 Å². The number of anilines is 1. The molecule has 0 bridgehead atoms. The highest BCUT2D eigenvalue weighted by Crippen LogP contribution is 2.34. The Morgan fingerprint density at radius 3 is 2.35 bits per heavy atom. The summed E-state index contributed by atoms with van der Waals surface area (Å²) in [6.45, 7) is 5.50. The van der Waals surface area contributed by atoms with Crippen LogP contribution in [-0.4, -0.2) is 30.9 Å². The second kappa shape index (κ2) is 9.49. The van der Waals surface area contributed by atoms with E-state index >= 15 is 0 Å². The van der Waals surface area contributed by atoms with Gasteiger partial charge in [-0.15, -0.1) is 11.3 Å². The first-order valence-electron chi connectivity index (χ1n) is 9.66. The van der Waals surface area contributed by atoms with E-state index in [2.05, 4.69) is 31.4 Å². The first-order chi connectivity index (χ1) is 14.6. The van der Waals surface area contributed by atoms with Crippen LogP contribution >= 0.6 is 22.9 Å². The fraction of sp³-hybridized carbons (Fsp3) is 0.261. The summed E-state index contributed by atoms with van der Waals surface area (Å²) < 4.78 is 5.82. The minimum atomic E-state index is -0.719. The average molecular weight is 459 g/mol. The Labute approximate surface area is 189 Å². The zero-order valence-electron chi connectivity index (χ0n) is 17.5. The van der Waals surface area contributed by atoms with Crippen molar-refractivity contribution in [3.63, 3.8) is 0 Å². The maximum Gasteiger partial charge on any atom is 0.325 e. The third kappa shape index (κ3) is 5.83. The number of amides is 2. The fourth-order valence-electron chi connectivity index (χ4n) is 2.84. The van der Waals surface area contributed by atoms with E-state index in [-0.39, 0.29) is 12.0 Å². The standard InChI is InChI=1S/C23H23ClN2O4S/c1-23(2,3)14-8-10-15(11-9-14)26-18(27)13-30-19(28)12-25-22(29)21-20(24)16-6-4-5-7-17(16)31-21/h4-11H,12-13H2,1-3H3,(H,25,29)(H,26,27). The van der Waals surface area contributed by atoms with Gasteiger partial charge in [0.05, 0.1) is 5.02 Å². The number of hydrogen-bond donors (Lipinski definition) is 2. The summed E-state index contributed by atoms with van der Waals surface area (Å²) in [6.07, 6.45) is 0. The molecule has 0 aliphatic carbocycles. The lowest BCUT2D eigenvalue weighted by molar-refractivity contribution is -0.146. The summed E-state index contributed by atoms with van der Waals surface area (Å²) in [5, 5.41) is 6.28. The molecule has 3 rings (SSSR count). The Kier molecular flexibility index (Phi) is 6.97. The molecule has 162 valence electrons. The van der Waals surface area contributed by atoms with Crippen molar-refractivity contribution < 1.29 is 19.1 Å². The van der Waals surface area contributed by atoms with Crippen molar-refractivity contribution in [2.75, 3.05) is 18.5 Å². The molecule has 31 heavy (non-hydrogen) atoms. The lowest BCUT2D eigenvalue weighted by atomic mass is 9.87. The summed E-state index contributed by atoms with van der Waals surface area (Å²) in [5.74, 6) is -1.65. The zero-order valence-corrected chi connectivity index (χ0v) is 19.0. The van der Waals surface area contributed by atoms with E-state index in [0.717, 1.165) is 15.6 Å². The number of hydrogen-bond acceptors (Lipinski definition) is 5. The largest absolute Gasteiger partial charge is 0.454 e. The van der Waals surface area contributed by atoms with Crippen LogP contribution in [0.4, 0.5) is 5.69 Å². The van der Waals surface area contributed by atoms with Gasteiger partial charge in [-0.05, 0) is 29.2 Å². The van der Waals surface area contributed by atoms with Crippen molar-refractivity contribution in [3.8, 4) is 0 Å². The van der Waals surface area contributed by atoms with E-state index in [1.165, 1.54) is 11.3 Å². The molecule has 8 heteroatoms. The van der Waals surface area contributed by atoms with Crippen LogP contribution in [0.5, 0.6) is 0 Å². The fourth-order valence-corrected chi connectivity index (χ4v) is 4.27. The number of carbonyl (C=O) groups excluding carboxylic acids is 3. The number of esters is 1. The van der Waals surface area contributed by atoms with Gasteiger partial charge in [-0.1, -0.05) is 62.7 Å². The summed E-state index contributed by atoms with van der Waals surface area (Å²) in [7, 11) is 0. The minimum absolute atomic E-state index is 0.0164. The van der Waals surface area contributed by atoms with Gasteiger partial charge < -0.3 is 15.4 Å². The van der Waals surface area contributed by atoms with Crippen LogP contribution in [0.25, 0.3) is 10.1 Å². The minimum Gasteiger partial charge on any atom is -0.454 e. The van der Waals surface area contributed by atoms with Crippen molar-refractivity contribution in [1.82, 2.24) is 5.32 Å². The Morgan fingerprint density at radius 1 is 1.03 bits per heavy atom. The Balaban J connectivity index is 1.45. The van der Waals surface area contributed by atoms with Crippen LogP contribution < -0.4 is 10.6 Å². The highest BCUT2D eigenvalue weighted by atomic mass is 35.5. The monoisotopic (exact) mass is 458 g/mol. The van der Waals surface area contributed by atoms with Gasteiger partial charge in [-0.3, -0.25) is 14.4 Å². The predicted octanol–water partition coefficient (Wildman–Crippen LogP) is 4.76. The molecule has 2 aromatic carbocycles. The summed E-state index contributed by atoms with van der Waals surface area (Å²) in [6, 6.07) is 14.9. The summed E-state index contributed by atoms with van der Waals surface area (Å²) in [4.78, 5) is 36.6. The topological polar surface area (TPSA) is 84.5 Å². The van der Waals surface area contributed by atoms with Crippen LogP contribution in [0, 0.1) is 0 Å². The van der Waals surface area contributed by atoms with Gasteiger partial charge in [-0.2, -0.15) is 0 Å². The molecule has 0 aliphatic rings. The van der Waals surface area contributed by atoms with E-state index in [9.17, 15) is 14.4 Å². The van der Waals surface area contributed by atoms with Gasteiger partial charge in [0.2, 0.25) is 0 Å². The summed E-state index contributed by atoms with van der Waals surface area (Å²) in [5.41, 5.74) is 1.77. The van der Waals surface area contributed by atoms with Gasteiger partial charge in [0.25, 0.3) is 11.8 Å². The number of nitrogens with one attached hydrogen (secondary N) is 2. The molecule has 0 spiro atoms. The van der Waals surface area contributed by atoms with Crippen molar-refractivity contribution in [2.45, 2.75) is 26.2 Å². The Bertz CT molecular complexity index is 1120. The van der Waals surface area contributed by atoms with Gasteiger partial charge >= 0.3 is 5.97 Å². The van der Waals surface area contributed by atoms with E-state index in [4.69, 9.17) is 16.3 Å². The van der Waals surface area contributed by atoms with E-state index < -0.39 is 24.4 Å². The number of benzene rings is 2. The van der Waals surface area contributed by atoms with E-state index in [1.807, 2.05) is 36.4 Å². The molecule has 6 nitrogen and oxygen atoms in total. The number of carbonyl (C=O) groups is 3. The highest BCUT2D eigenvalue weighted by molar-refractivity contribution is 7.21. The van der Waals surface area contributed by atoms with Crippen LogP contribution in [0.2, 0.25) is 5.02 Å². The third-order valence-corrected chi connectivity index (χ3v) is 6.21. The molecule has 0 radical (unpaired) electrons. The molecule has 2 amide bonds. The number of thiophene rings is 1. The molecule has 0 saturated heterocycles. The molecule has 0 unspecified atom stereocenters. The third-order valence-electron chi connectivity index (χ3n) is 4.53. The number of ether oxygens (including phenoxy) is 1. The molecule has 0 aliphatic heterocycles. The Hall–Kier alpha value is -2.90. The number of fused-ring (bicyclic) bond motifs is 1. The zero-order chi connectivity index (χ0) is 22.6. The first-order valence-corrected chi connectivity index (χ1v) is 10.9. The lowest BCUT2D eigenvalue weighted by Gasteiger charge is -2.19. The van der Waals surface area contributed by atoms with Crippen molar-refractivity contribution in [3.05, 3.63) is 64.0 Å². The lowest BCUT2D eigenvalue weighted by Crippen LogP contribution is -2.32. The second-order valence-corrected chi connectivity index (χ2v) is 9.39. The molecule has 0 fully saturated rings. The van der Waals surface area contributed by atoms with E-state index in [1.54, 1.807) is 12.1 Å². The van der Waals surface area contributed by atoms with Crippen LogP contribution in [0.15, 0.2) is 48.5 Å². The van der Waals surface area contributed by atoms with Crippen molar-refractivity contribution in [1.29, 1.82) is 0 Å². The molecule has 1 heterocycles. The van der Waals surface area contributed by atoms with Gasteiger partial charge in [-0.25, -0.2) is 0 Å². The molecule has 1 aromatic heterocycles. The maximum absolute atomic E-state index is 12.3. The average Bonchev–Trinajstić information content (AvgIpc) is 3.07. The van der Waals surface area contributed by atoms with Crippen molar-refractivity contribution in [2.24, 2.45) is 0 Å². The smallest absolute Gasteiger partial charge is 0.325 e. The van der Waals surface area contributed by atoms with Gasteiger partial charge in [0, 0.05) is 15.8 Å². The van der Waals surface area contributed by atoms with Crippen LogP contribution in [0.1, 0.15) is 36.0 Å². The summed E-state index contributed by atoms with van der Waals surface area (Å²) >= 11 is 7.51. The number of halogens is 1.